The molecule has 0 atom stereocenters. The molecule has 3 rings (SSSR count). The second-order valence-electron chi connectivity index (χ2n) is 7.73. The molecular weight excluding hydrogens is 382 g/mol. The van der Waals surface area contributed by atoms with Crippen LogP contribution < -0.4 is 5.32 Å². The predicted octanol–water partition coefficient (Wildman–Crippen LogP) is 0.743. The standard InChI is InChI=1S/C18H31N5O4S/c1-28(25,26)23-13-6-15(7-14-23)18-20-17(27-21-18)5-9-19-16(24)8-12-22-10-3-2-4-11-22/h15H,2-14H2,1H3,(H,19,24). The van der Waals surface area contributed by atoms with Gasteiger partial charge in [-0.15, -0.1) is 0 Å². The normalized spacial score (nSPS) is 20.3. The number of hydrogen-bond acceptors (Lipinski definition) is 7. The van der Waals surface area contributed by atoms with Crippen molar-refractivity contribution < 1.29 is 17.7 Å². The molecule has 28 heavy (non-hydrogen) atoms. The van der Waals surface area contributed by atoms with Gasteiger partial charge in [-0.2, -0.15) is 4.98 Å². The average Bonchev–Trinajstić information content (AvgIpc) is 3.15. The fraction of sp³-hybridized carbons (Fsp3) is 0.833. The van der Waals surface area contributed by atoms with E-state index in [0.717, 1.165) is 19.6 Å². The average molecular weight is 414 g/mol. The summed E-state index contributed by atoms with van der Waals surface area (Å²) in [6.07, 6.45) is 7.41. The Kier molecular flexibility index (Phi) is 7.42. The largest absolute Gasteiger partial charge is 0.356 e. The number of likely N-dealkylation sites (tertiary alicyclic amines) is 1. The van der Waals surface area contributed by atoms with Crippen molar-refractivity contribution in [3.8, 4) is 0 Å². The van der Waals surface area contributed by atoms with Crippen LogP contribution in [0.15, 0.2) is 4.52 Å². The van der Waals surface area contributed by atoms with Crippen molar-refractivity contribution in [3.05, 3.63) is 11.7 Å². The number of carbonyl (C=O) groups is 1. The van der Waals surface area contributed by atoms with Crippen molar-refractivity contribution in [3.63, 3.8) is 0 Å². The first-order valence-electron chi connectivity index (χ1n) is 10.2. The lowest BCUT2D eigenvalue weighted by Crippen LogP contribution is -2.37. The number of nitrogens with one attached hydrogen (secondary N) is 1. The summed E-state index contributed by atoms with van der Waals surface area (Å²) in [4.78, 5) is 18.8. The second kappa shape index (κ2) is 9.80. The summed E-state index contributed by atoms with van der Waals surface area (Å²) in [5.74, 6) is 1.32. The van der Waals surface area contributed by atoms with Gasteiger partial charge in [0.05, 0.1) is 6.26 Å². The zero-order valence-electron chi connectivity index (χ0n) is 16.6. The Morgan fingerprint density at radius 2 is 1.89 bits per heavy atom. The van der Waals surface area contributed by atoms with Crippen LogP contribution >= 0.6 is 0 Å². The van der Waals surface area contributed by atoms with Gasteiger partial charge in [-0.25, -0.2) is 12.7 Å². The smallest absolute Gasteiger partial charge is 0.228 e. The molecule has 2 aliphatic rings. The lowest BCUT2D eigenvalue weighted by atomic mass is 9.97. The molecule has 158 valence electrons. The van der Waals surface area contributed by atoms with Crippen LogP contribution in [0.2, 0.25) is 0 Å². The highest BCUT2D eigenvalue weighted by Crippen LogP contribution is 2.26. The number of nitrogens with zero attached hydrogens (tertiary/aromatic N) is 4. The van der Waals surface area contributed by atoms with Crippen LogP contribution in [0.3, 0.4) is 0 Å². The molecular formula is C18H31N5O4S. The number of aromatic nitrogens is 2. The van der Waals surface area contributed by atoms with Gasteiger partial charge in [0.15, 0.2) is 5.82 Å². The summed E-state index contributed by atoms with van der Waals surface area (Å²) in [7, 11) is -3.13. The Hall–Kier alpha value is -1.52. The zero-order valence-corrected chi connectivity index (χ0v) is 17.4. The highest BCUT2D eigenvalue weighted by Gasteiger charge is 2.28. The quantitative estimate of drug-likeness (QED) is 0.670. The van der Waals surface area contributed by atoms with E-state index in [4.69, 9.17) is 4.52 Å². The van der Waals surface area contributed by atoms with Crippen LogP contribution in [0.4, 0.5) is 0 Å². The van der Waals surface area contributed by atoms with Crippen LogP contribution in [-0.2, 0) is 21.2 Å². The first-order valence-corrected chi connectivity index (χ1v) is 12.0. The van der Waals surface area contributed by atoms with Gasteiger partial charge in [-0.3, -0.25) is 4.79 Å². The van der Waals surface area contributed by atoms with Gasteiger partial charge in [-0.05, 0) is 38.8 Å². The molecule has 0 aromatic carbocycles. The number of amides is 1. The van der Waals surface area contributed by atoms with Crippen LogP contribution in [0, 0.1) is 0 Å². The third-order valence-electron chi connectivity index (χ3n) is 5.54. The summed E-state index contributed by atoms with van der Waals surface area (Å²) in [5.41, 5.74) is 0. The molecule has 3 heterocycles. The van der Waals surface area contributed by atoms with Crippen molar-refractivity contribution in [2.24, 2.45) is 0 Å². The van der Waals surface area contributed by atoms with Crippen molar-refractivity contribution in [2.75, 3.05) is 45.5 Å². The number of hydrogen-bond donors (Lipinski definition) is 1. The molecule has 0 spiro atoms. The molecule has 2 aliphatic heterocycles. The van der Waals surface area contributed by atoms with Crippen molar-refractivity contribution in [1.29, 1.82) is 0 Å². The Balaban J connectivity index is 1.35. The van der Waals surface area contributed by atoms with Crippen LogP contribution in [0.5, 0.6) is 0 Å². The zero-order chi connectivity index (χ0) is 20.0. The molecule has 0 bridgehead atoms. The summed E-state index contributed by atoms with van der Waals surface area (Å²) >= 11 is 0. The Bertz CT molecular complexity index is 737. The van der Waals surface area contributed by atoms with Gasteiger partial charge < -0.3 is 14.7 Å². The minimum Gasteiger partial charge on any atom is -0.356 e. The molecule has 0 radical (unpaired) electrons. The lowest BCUT2D eigenvalue weighted by molar-refractivity contribution is -0.121. The van der Waals surface area contributed by atoms with E-state index in [0.29, 0.717) is 57.0 Å². The van der Waals surface area contributed by atoms with Crippen molar-refractivity contribution in [1.82, 2.24) is 24.7 Å². The van der Waals surface area contributed by atoms with E-state index in [1.165, 1.54) is 29.8 Å². The molecule has 2 fully saturated rings. The highest BCUT2D eigenvalue weighted by molar-refractivity contribution is 7.88. The predicted molar refractivity (Wildman–Crippen MR) is 104 cm³/mol. The maximum Gasteiger partial charge on any atom is 0.228 e. The first kappa shape index (κ1) is 21.2. The number of sulfonamides is 1. The molecule has 1 aromatic heterocycles. The maximum absolute atomic E-state index is 12.0. The molecule has 0 unspecified atom stereocenters. The third kappa shape index (κ3) is 6.25. The van der Waals surface area contributed by atoms with E-state index in [1.54, 1.807) is 0 Å². The fourth-order valence-electron chi connectivity index (χ4n) is 3.82. The van der Waals surface area contributed by atoms with Gasteiger partial charge in [0.25, 0.3) is 0 Å². The van der Waals surface area contributed by atoms with Crippen LogP contribution in [-0.4, -0.2) is 79.2 Å². The molecule has 2 saturated heterocycles. The summed E-state index contributed by atoms with van der Waals surface area (Å²) in [5, 5.41) is 6.96. The van der Waals surface area contributed by atoms with Gasteiger partial charge in [0.2, 0.25) is 21.8 Å². The summed E-state index contributed by atoms with van der Waals surface area (Å²) in [6.45, 7) is 4.47. The van der Waals surface area contributed by atoms with E-state index in [2.05, 4.69) is 20.4 Å². The van der Waals surface area contributed by atoms with Gasteiger partial charge in [0.1, 0.15) is 0 Å². The minimum absolute atomic E-state index is 0.0541. The van der Waals surface area contributed by atoms with E-state index < -0.39 is 10.0 Å². The lowest BCUT2D eigenvalue weighted by Gasteiger charge is -2.28. The topological polar surface area (TPSA) is 109 Å². The molecule has 9 nitrogen and oxygen atoms in total. The SMILES string of the molecule is CS(=O)(=O)N1CCC(c2noc(CCNC(=O)CCN3CCCCC3)n2)CC1. The van der Waals surface area contributed by atoms with Gasteiger partial charge >= 0.3 is 0 Å². The summed E-state index contributed by atoms with van der Waals surface area (Å²) < 4.78 is 30.0. The molecule has 0 aliphatic carbocycles. The van der Waals surface area contributed by atoms with Crippen LogP contribution in [0.1, 0.15) is 56.2 Å². The van der Waals surface area contributed by atoms with E-state index in [-0.39, 0.29) is 11.8 Å². The molecule has 1 aromatic rings. The van der Waals surface area contributed by atoms with Crippen LogP contribution in [0.25, 0.3) is 0 Å². The number of carbonyl (C=O) groups excluding carboxylic acids is 1. The monoisotopic (exact) mass is 413 g/mol. The second-order valence-corrected chi connectivity index (χ2v) is 9.72. The molecule has 1 amide bonds. The Morgan fingerprint density at radius 3 is 2.57 bits per heavy atom. The molecule has 1 N–H and O–H groups in total. The van der Waals surface area contributed by atoms with E-state index in [9.17, 15) is 13.2 Å². The first-order chi connectivity index (χ1) is 13.4. The van der Waals surface area contributed by atoms with Gasteiger partial charge in [0, 0.05) is 44.9 Å². The van der Waals surface area contributed by atoms with E-state index in [1.807, 2.05) is 0 Å². The summed E-state index contributed by atoms with van der Waals surface area (Å²) in [6, 6.07) is 0. The van der Waals surface area contributed by atoms with Gasteiger partial charge in [-0.1, -0.05) is 11.6 Å². The van der Waals surface area contributed by atoms with E-state index >= 15 is 0 Å². The number of piperidine rings is 2. The fourth-order valence-corrected chi connectivity index (χ4v) is 4.70. The number of rotatable bonds is 8. The molecule has 0 saturated carbocycles. The highest BCUT2D eigenvalue weighted by atomic mass is 32.2. The third-order valence-corrected chi connectivity index (χ3v) is 6.84. The maximum atomic E-state index is 12.0. The van der Waals surface area contributed by atoms with Crippen molar-refractivity contribution in [2.45, 2.75) is 50.9 Å². The Labute approximate surface area is 166 Å². The Morgan fingerprint density at radius 1 is 1.18 bits per heavy atom. The minimum atomic E-state index is -3.13. The molecule has 10 heteroatoms. The van der Waals surface area contributed by atoms with Crippen molar-refractivity contribution >= 4 is 15.9 Å².